The van der Waals surface area contributed by atoms with Crippen LogP contribution in [0.25, 0.3) is 0 Å². The zero-order valence-corrected chi connectivity index (χ0v) is 15.5. The molecule has 0 atom stereocenters. The number of hydrogen-bond donors (Lipinski definition) is 1. The van der Waals surface area contributed by atoms with Crippen LogP contribution in [0.3, 0.4) is 0 Å². The Morgan fingerprint density at radius 2 is 2.04 bits per heavy atom. The van der Waals surface area contributed by atoms with Crippen molar-refractivity contribution in [2.45, 2.75) is 20.0 Å². The highest BCUT2D eigenvalue weighted by Crippen LogP contribution is 2.33. The van der Waals surface area contributed by atoms with Gasteiger partial charge in [-0.3, -0.25) is 9.59 Å². The van der Waals surface area contributed by atoms with Gasteiger partial charge >= 0.3 is 0 Å². The number of nitrogens with zero attached hydrogens (tertiary/aromatic N) is 1. The second kappa shape index (κ2) is 7.60. The minimum Gasteiger partial charge on any atom is -0.482 e. The summed E-state index contributed by atoms with van der Waals surface area (Å²) in [6, 6.07) is 16.6. The van der Waals surface area contributed by atoms with Crippen molar-refractivity contribution in [1.29, 1.82) is 0 Å². The summed E-state index contributed by atoms with van der Waals surface area (Å²) in [5.74, 6) is 1.08. The fraction of sp³-hybridized carbons (Fsp3) is 0.182. The minimum absolute atomic E-state index is 0.0133. The van der Waals surface area contributed by atoms with Crippen LogP contribution in [-0.2, 0) is 17.9 Å². The van der Waals surface area contributed by atoms with Crippen LogP contribution in [0, 0.1) is 6.92 Å². The number of amides is 2. The van der Waals surface area contributed by atoms with Gasteiger partial charge < -0.3 is 19.4 Å². The Kier molecular flexibility index (Phi) is 4.85. The molecule has 0 radical (unpaired) electrons. The third-order valence-electron chi connectivity index (χ3n) is 4.59. The number of aryl methyl sites for hydroxylation is 1. The fourth-order valence-corrected chi connectivity index (χ4v) is 3.16. The molecule has 0 saturated heterocycles. The van der Waals surface area contributed by atoms with Crippen molar-refractivity contribution in [3.8, 4) is 5.75 Å². The first-order chi connectivity index (χ1) is 13.6. The molecule has 2 aromatic carbocycles. The molecule has 1 aromatic heterocycles. The molecule has 2 heterocycles. The first kappa shape index (κ1) is 17.9. The number of rotatable bonds is 5. The molecule has 0 unspecified atom stereocenters. The van der Waals surface area contributed by atoms with Crippen LogP contribution >= 0.6 is 0 Å². The van der Waals surface area contributed by atoms with Gasteiger partial charge in [-0.05, 0) is 54.4 Å². The van der Waals surface area contributed by atoms with E-state index < -0.39 is 0 Å². The van der Waals surface area contributed by atoms with E-state index in [1.807, 2.05) is 37.3 Å². The molecule has 4 rings (SSSR count). The molecule has 3 aromatic rings. The summed E-state index contributed by atoms with van der Waals surface area (Å²) in [5, 5.41) is 2.83. The van der Waals surface area contributed by atoms with Crippen molar-refractivity contribution in [1.82, 2.24) is 5.32 Å². The quantitative estimate of drug-likeness (QED) is 0.740. The van der Waals surface area contributed by atoms with Crippen molar-refractivity contribution < 1.29 is 18.7 Å². The van der Waals surface area contributed by atoms with Gasteiger partial charge in [0, 0.05) is 5.56 Å². The van der Waals surface area contributed by atoms with Gasteiger partial charge in [0.05, 0.1) is 25.0 Å². The van der Waals surface area contributed by atoms with E-state index in [0.717, 1.165) is 16.8 Å². The van der Waals surface area contributed by atoms with E-state index in [-0.39, 0.29) is 18.4 Å². The number of carbonyl (C=O) groups excluding carboxylic acids is 2. The van der Waals surface area contributed by atoms with Crippen molar-refractivity contribution >= 4 is 17.5 Å². The molecule has 1 N–H and O–H groups in total. The van der Waals surface area contributed by atoms with Crippen LogP contribution in [-0.4, -0.2) is 18.4 Å². The van der Waals surface area contributed by atoms with E-state index in [9.17, 15) is 9.59 Å². The van der Waals surface area contributed by atoms with Crippen LogP contribution in [0.4, 0.5) is 5.69 Å². The minimum atomic E-state index is -0.192. The van der Waals surface area contributed by atoms with Crippen molar-refractivity contribution in [2.24, 2.45) is 0 Å². The lowest BCUT2D eigenvalue weighted by Gasteiger charge is -2.29. The maximum Gasteiger partial charge on any atom is 0.265 e. The summed E-state index contributed by atoms with van der Waals surface area (Å²) in [5.41, 5.74) is 3.21. The number of ether oxygens (including phenoxy) is 1. The number of furan rings is 1. The Balaban J connectivity index is 1.51. The Hall–Kier alpha value is -3.54. The summed E-state index contributed by atoms with van der Waals surface area (Å²) < 4.78 is 10.8. The Labute approximate surface area is 162 Å². The van der Waals surface area contributed by atoms with E-state index in [0.29, 0.717) is 30.2 Å². The Morgan fingerprint density at radius 3 is 2.86 bits per heavy atom. The summed E-state index contributed by atoms with van der Waals surface area (Å²) in [6.07, 6.45) is 1.57. The molecular weight excluding hydrogens is 356 g/mol. The Morgan fingerprint density at radius 1 is 1.14 bits per heavy atom. The van der Waals surface area contributed by atoms with Crippen molar-refractivity contribution in [3.05, 3.63) is 83.3 Å². The molecule has 1 aliphatic rings. The van der Waals surface area contributed by atoms with Crippen LogP contribution in [0.2, 0.25) is 0 Å². The number of benzene rings is 2. The van der Waals surface area contributed by atoms with E-state index >= 15 is 0 Å². The van der Waals surface area contributed by atoms with Gasteiger partial charge in [-0.15, -0.1) is 0 Å². The van der Waals surface area contributed by atoms with Crippen LogP contribution in [0.5, 0.6) is 5.75 Å². The lowest BCUT2D eigenvalue weighted by molar-refractivity contribution is -0.121. The molecule has 142 valence electrons. The molecule has 0 bridgehead atoms. The lowest BCUT2D eigenvalue weighted by atomic mass is 10.1. The smallest absolute Gasteiger partial charge is 0.265 e. The van der Waals surface area contributed by atoms with Gasteiger partial charge in [0.25, 0.3) is 11.8 Å². The van der Waals surface area contributed by atoms with E-state index in [4.69, 9.17) is 9.15 Å². The van der Waals surface area contributed by atoms with Gasteiger partial charge in [-0.1, -0.05) is 18.2 Å². The highest BCUT2D eigenvalue weighted by molar-refractivity contribution is 5.98. The second-order valence-corrected chi connectivity index (χ2v) is 6.70. The zero-order valence-electron chi connectivity index (χ0n) is 15.5. The van der Waals surface area contributed by atoms with E-state index in [1.165, 1.54) is 0 Å². The molecule has 1 aliphatic heterocycles. The van der Waals surface area contributed by atoms with Gasteiger partial charge in [0.1, 0.15) is 11.5 Å². The largest absolute Gasteiger partial charge is 0.482 e. The molecule has 6 nitrogen and oxygen atoms in total. The monoisotopic (exact) mass is 376 g/mol. The van der Waals surface area contributed by atoms with Gasteiger partial charge in [-0.25, -0.2) is 0 Å². The first-order valence-corrected chi connectivity index (χ1v) is 9.03. The maximum absolute atomic E-state index is 12.4. The van der Waals surface area contributed by atoms with E-state index in [2.05, 4.69) is 5.32 Å². The SMILES string of the molecule is Cc1ccc2c(c1)N(Cc1cccc(C(=O)NCc3ccco3)c1)C(=O)CO2. The molecule has 28 heavy (non-hydrogen) atoms. The normalized spacial score (nSPS) is 13.0. The third-order valence-corrected chi connectivity index (χ3v) is 4.59. The second-order valence-electron chi connectivity index (χ2n) is 6.70. The summed E-state index contributed by atoms with van der Waals surface area (Å²) in [4.78, 5) is 26.6. The number of nitrogens with one attached hydrogen (secondary N) is 1. The average molecular weight is 376 g/mol. The lowest BCUT2D eigenvalue weighted by Crippen LogP contribution is -2.38. The molecular formula is C22H20N2O4. The summed E-state index contributed by atoms with van der Waals surface area (Å²) in [7, 11) is 0. The topological polar surface area (TPSA) is 71.8 Å². The maximum atomic E-state index is 12.4. The predicted molar refractivity (Wildman–Crippen MR) is 104 cm³/mol. The highest BCUT2D eigenvalue weighted by atomic mass is 16.5. The molecule has 2 amide bonds. The van der Waals surface area contributed by atoms with Crippen LogP contribution < -0.4 is 15.0 Å². The van der Waals surface area contributed by atoms with E-state index in [1.54, 1.807) is 35.4 Å². The zero-order chi connectivity index (χ0) is 19.5. The number of carbonyl (C=O) groups is 2. The van der Waals surface area contributed by atoms with Crippen LogP contribution in [0.1, 0.15) is 27.2 Å². The molecule has 6 heteroatoms. The average Bonchev–Trinajstić information content (AvgIpc) is 3.22. The van der Waals surface area contributed by atoms with Gasteiger partial charge in [-0.2, -0.15) is 0 Å². The predicted octanol–water partition coefficient (Wildman–Crippen LogP) is 3.44. The molecule has 0 saturated carbocycles. The number of anilines is 1. The number of fused-ring (bicyclic) bond motifs is 1. The van der Waals surface area contributed by atoms with Crippen molar-refractivity contribution in [3.63, 3.8) is 0 Å². The fourth-order valence-electron chi connectivity index (χ4n) is 3.16. The summed E-state index contributed by atoms with van der Waals surface area (Å²) >= 11 is 0. The molecule has 0 aliphatic carbocycles. The Bertz CT molecular complexity index is 1010. The highest BCUT2D eigenvalue weighted by Gasteiger charge is 2.25. The molecule has 0 fully saturated rings. The van der Waals surface area contributed by atoms with Crippen molar-refractivity contribution in [2.75, 3.05) is 11.5 Å². The first-order valence-electron chi connectivity index (χ1n) is 9.03. The third kappa shape index (κ3) is 3.76. The number of hydrogen-bond acceptors (Lipinski definition) is 4. The van der Waals surface area contributed by atoms with Gasteiger partial charge in [0.2, 0.25) is 0 Å². The van der Waals surface area contributed by atoms with Crippen LogP contribution in [0.15, 0.2) is 65.3 Å². The van der Waals surface area contributed by atoms with Gasteiger partial charge in [0.15, 0.2) is 6.61 Å². The molecule has 0 spiro atoms. The standard InChI is InChI=1S/C22H20N2O4/c1-15-7-8-20-19(10-15)24(21(25)14-28-20)13-16-4-2-5-17(11-16)22(26)23-12-18-6-3-9-27-18/h2-11H,12-14H2,1H3,(H,23,26). The summed E-state index contributed by atoms with van der Waals surface area (Å²) in [6.45, 7) is 2.68.